The number of nitrogens with one attached hydrogen (secondary N) is 1. The Morgan fingerprint density at radius 1 is 1.45 bits per heavy atom. The minimum Gasteiger partial charge on any atom is -0.464 e. The number of ketones is 1. The van der Waals surface area contributed by atoms with Crippen LogP contribution in [0.25, 0.3) is 0 Å². The predicted octanol–water partition coefficient (Wildman–Crippen LogP) is 2.89. The van der Waals surface area contributed by atoms with Gasteiger partial charge in [-0.1, -0.05) is 11.3 Å². The molecule has 0 spiro atoms. The highest BCUT2D eigenvalue weighted by Gasteiger charge is 2.31. The van der Waals surface area contributed by atoms with Crippen LogP contribution >= 0.6 is 11.3 Å². The summed E-state index contributed by atoms with van der Waals surface area (Å²) in [6.07, 6.45) is -5.35. The van der Waals surface area contributed by atoms with Crippen LogP contribution in [0.3, 0.4) is 0 Å². The molecule has 0 aliphatic rings. The van der Waals surface area contributed by atoms with Crippen LogP contribution in [0.2, 0.25) is 0 Å². The lowest BCUT2D eigenvalue weighted by Gasteiger charge is -2.14. The number of aromatic nitrogens is 1. The number of hydrogen-bond donors (Lipinski definition) is 1. The SMILES string of the molecule is COC(=O)c1nc(NC(C)CC(F)(F)F)sc1C(C)=O. The van der Waals surface area contributed by atoms with Crippen molar-refractivity contribution in [3.8, 4) is 0 Å². The standard InChI is InChI=1S/C11H13F3N2O3S/c1-5(4-11(12,13)14)15-10-16-7(9(18)19-3)8(20-10)6(2)17/h5H,4H2,1-3H3,(H,15,16). The number of esters is 1. The fraction of sp³-hybridized carbons (Fsp3) is 0.545. The van der Waals surface area contributed by atoms with Crippen molar-refractivity contribution in [3.63, 3.8) is 0 Å². The van der Waals surface area contributed by atoms with Gasteiger partial charge in [0.15, 0.2) is 16.6 Å². The molecule has 1 N–H and O–H groups in total. The Bertz CT molecular complexity index is 514. The lowest BCUT2D eigenvalue weighted by atomic mass is 10.2. The number of thiazole rings is 1. The predicted molar refractivity (Wildman–Crippen MR) is 67.2 cm³/mol. The fourth-order valence-electron chi connectivity index (χ4n) is 1.46. The summed E-state index contributed by atoms with van der Waals surface area (Å²) < 4.78 is 41.1. The molecule has 0 saturated carbocycles. The van der Waals surface area contributed by atoms with E-state index in [4.69, 9.17) is 0 Å². The molecule has 1 aromatic rings. The van der Waals surface area contributed by atoms with Crippen LogP contribution in [0.15, 0.2) is 0 Å². The molecule has 1 heterocycles. The second-order valence-electron chi connectivity index (χ2n) is 4.11. The Balaban J connectivity index is 2.92. The third-order valence-corrected chi connectivity index (χ3v) is 3.32. The van der Waals surface area contributed by atoms with Gasteiger partial charge in [0.25, 0.3) is 0 Å². The van der Waals surface area contributed by atoms with Crippen molar-refractivity contribution in [2.75, 3.05) is 12.4 Å². The molecule has 1 unspecified atom stereocenters. The molecule has 1 aromatic heterocycles. The quantitative estimate of drug-likeness (QED) is 0.669. The van der Waals surface area contributed by atoms with E-state index in [2.05, 4.69) is 15.0 Å². The lowest BCUT2D eigenvalue weighted by molar-refractivity contribution is -0.136. The highest BCUT2D eigenvalue weighted by atomic mass is 32.1. The van der Waals surface area contributed by atoms with Crippen molar-refractivity contribution in [1.29, 1.82) is 0 Å². The van der Waals surface area contributed by atoms with Gasteiger partial charge in [-0.3, -0.25) is 4.79 Å². The number of anilines is 1. The number of halogens is 3. The first-order valence-electron chi connectivity index (χ1n) is 5.57. The summed E-state index contributed by atoms with van der Waals surface area (Å²) in [6.45, 7) is 2.57. The van der Waals surface area contributed by atoms with E-state index in [-0.39, 0.29) is 15.7 Å². The molecule has 1 atom stereocenters. The molecule has 9 heteroatoms. The van der Waals surface area contributed by atoms with Crippen molar-refractivity contribution in [2.45, 2.75) is 32.5 Å². The average molecular weight is 310 g/mol. The number of methoxy groups -OCH3 is 1. The maximum Gasteiger partial charge on any atom is 0.391 e. The highest BCUT2D eigenvalue weighted by Crippen LogP contribution is 2.27. The van der Waals surface area contributed by atoms with Crippen molar-refractivity contribution < 1.29 is 27.5 Å². The minimum atomic E-state index is -4.31. The van der Waals surface area contributed by atoms with Gasteiger partial charge < -0.3 is 10.1 Å². The normalized spacial score (nSPS) is 12.9. The van der Waals surface area contributed by atoms with Crippen LogP contribution in [0, 0.1) is 0 Å². The minimum absolute atomic E-state index is 0.0542. The van der Waals surface area contributed by atoms with E-state index in [1.165, 1.54) is 13.8 Å². The molecule has 0 fully saturated rings. The molecule has 1 rings (SSSR count). The highest BCUT2D eigenvalue weighted by molar-refractivity contribution is 7.17. The second-order valence-corrected chi connectivity index (χ2v) is 5.11. The van der Waals surface area contributed by atoms with Crippen LogP contribution in [-0.4, -0.2) is 36.1 Å². The number of Topliss-reactive ketones (excluding diaryl/α,β-unsaturated/α-hetero) is 1. The zero-order valence-electron chi connectivity index (χ0n) is 11.0. The summed E-state index contributed by atoms with van der Waals surface area (Å²) in [5.74, 6) is -1.21. The molecule has 112 valence electrons. The van der Waals surface area contributed by atoms with Crippen LogP contribution in [0.1, 0.15) is 40.4 Å². The summed E-state index contributed by atoms with van der Waals surface area (Å²) in [5, 5.41) is 2.60. The van der Waals surface area contributed by atoms with Gasteiger partial charge in [-0.15, -0.1) is 0 Å². The summed E-state index contributed by atoms with van der Waals surface area (Å²) in [7, 11) is 1.13. The number of nitrogens with zero attached hydrogens (tertiary/aromatic N) is 1. The molecule has 0 bridgehead atoms. The molecular formula is C11H13F3N2O3S. The molecule has 20 heavy (non-hydrogen) atoms. The van der Waals surface area contributed by atoms with Crippen molar-refractivity contribution in [3.05, 3.63) is 10.6 Å². The molecule has 0 saturated heterocycles. The monoisotopic (exact) mass is 310 g/mol. The van der Waals surface area contributed by atoms with E-state index in [0.717, 1.165) is 18.4 Å². The van der Waals surface area contributed by atoms with E-state index >= 15 is 0 Å². The lowest BCUT2D eigenvalue weighted by Crippen LogP contribution is -2.23. The number of carbonyl (C=O) groups is 2. The van der Waals surface area contributed by atoms with Crippen LogP contribution in [0.4, 0.5) is 18.3 Å². The summed E-state index contributed by atoms with van der Waals surface area (Å²) in [4.78, 5) is 26.7. The Morgan fingerprint density at radius 3 is 2.50 bits per heavy atom. The van der Waals surface area contributed by atoms with Crippen LogP contribution in [-0.2, 0) is 4.74 Å². The van der Waals surface area contributed by atoms with Gasteiger partial charge in [-0.2, -0.15) is 13.2 Å². The Morgan fingerprint density at radius 2 is 2.05 bits per heavy atom. The van der Waals surface area contributed by atoms with Crippen LogP contribution in [0.5, 0.6) is 0 Å². The molecule has 0 aliphatic heterocycles. The van der Waals surface area contributed by atoms with E-state index < -0.39 is 30.4 Å². The van der Waals surface area contributed by atoms with Crippen molar-refractivity contribution in [2.24, 2.45) is 0 Å². The maximum absolute atomic E-state index is 12.2. The van der Waals surface area contributed by atoms with Gasteiger partial charge >= 0.3 is 12.1 Å². The smallest absolute Gasteiger partial charge is 0.391 e. The first kappa shape index (κ1) is 16.4. The molecule has 0 aliphatic carbocycles. The first-order valence-corrected chi connectivity index (χ1v) is 6.39. The number of carbonyl (C=O) groups excluding carboxylic acids is 2. The number of rotatable bonds is 5. The van der Waals surface area contributed by atoms with Crippen molar-refractivity contribution in [1.82, 2.24) is 4.98 Å². The third kappa shape index (κ3) is 4.48. The van der Waals surface area contributed by atoms with Crippen molar-refractivity contribution >= 4 is 28.2 Å². The molecule has 0 amide bonds. The van der Waals surface area contributed by atoms with Gasteiger partial charge in [0.05, 0.1) is 13.5 Å². The van der Waals surface area contributed by atoms with Gasteiger partial charge in [-0.05, 0) is 6.92 Å². The average Bonchev–Trinajstić information content (AvgIpc) is 2.69. The van der Waals surface area contributed by atoms with Gasteiger partial charge in [0.1, 0.15) is 4.88 Å². The molecule has 5 nitrogen and oxygen atoms in total. The topological polar surface area (TPSA) is 68.3 Å². The van der Waals surface area contributed by atoms with Crippen LogP contribution < -0.4 is 5.32 Å². The van der Waals surface area contributed by atoms with E-state index in [0.29, 0.717) is 0 Å². The fourth-order valence-corrected chi connectivity index (χ4v) is 2.42. The van der Waals surface area contributed by atoms with Gasteiger partial charge in [0, 0.05) is 13.0 Å². The first-order chi connectivity index (χ1) is 9.14. The van der Waals surface area contributed by atoms with Gasteiger partial charge in [-0.25, -0.2) is 9.78 Å². The maximum atomic E-state index is 12.2. The Labute approximate surface area is 117 Å². The van der Waals surface area contributed by atoms with E-state index in [9.17, 15) is 22.8 Å². The molecule has 0 aromatic carbocycles. The Hall–Kier alpha value is -1.64. The number of hydrogen-bond acceptors (Lipinski definition) is 6. The zero-order valence-corrected chi connectivity index (χ0v) is 11.8. The largest absolute Gasteiger partial charge is 0.464 e. The zero-order chi connectivity index (χ0) is 15.5. The number of ether oxygens (including phenoxy) is 1. The third-order valence-electron chi connectivity index (χ3n) is 2.23. The molecule has 0 radical (unpaired) electrons. The summed E-state index contributed by atoms with van der Waals surface area (Å²) in [6, 6.07) is -0.925. The summed E-state index contributed by atoms with van der Waals surface area (Å²) >= 11 is 0.826. The van der Waals surface area contributed by atoms with E-state index in [1.54, 1.807) is 0 Å². The second kappa shape index (κ2) is 6.21. The van der Waals surface area contributed by atoms with E-state index in [1.807, 2.05) is 0 Å². The molecular weight excluding hydrogens is 297 g/mol. The summed E-state index contributed by atoms with van der Waals surface area (Å²) in [5.41, 5.74) is -0.188. The Kier molecular flexibility index (Phi) is 5.09. The van der Waals surface area contributed by atoms with Gasteiger partial charge in [0.2, 0.25) is 0 Å². The number of alkyl halides is 3.